The van der Waals surface area contributed by atoms with Gasteiger partial charge in [0, 0.05) is 12.3 Å². The number of aliphatic imine (C=N–C) groups is 1. The summed E-state index contributed by atoms with van der Waals surface area (Å²) in [7, 11) is 2.23. The minimum absolute atomic E-state index is 0.0147. The molecule has 4 heteroatoms. The van der Waals surface area contributed by atoms with Crippen LogP contribution < -0.4 is 0 Å². The van der Waals surface area contributed by atoms with Crippen molar-refractivity contribution in [2.24, 2.45) is 16.8 Å². The first-order valence-corrected chi connectivity index (χ1v) is 8.36. The molecule has 2 aliphatic heterocycles. The molecule has 0 N–H and O–H groups in total. The lowest BCUT2D eigenvalue weighted by molar-refractivity contribution is -0.773. The van der Waals surface area contributed by atoms with Crippen LogP contribution in [-0.2, 0) is 9.53 Å². The molecule has 0 amide bonds. The van der Waals surface area contributed by atoms with E-state index in [0.29, 0.717) is 12.5 Å². The number of carbonyl (C=O) groups excluding carboxylic acids is 1. The Labute approximate surface area is 128 Å². The molecule has 1 fully saturated rings. The van der Waals surface area contributed by atoms with Gasteiger partial charge in [-0.1, -0.05) is 26.7 Å². The zero-order chi connectivity index (χ0) is 15.3. The van der Waals surface area contributed by atoms with Gasteiger partial charge in [-0.3, -0.25) is 9.28 Å². The van der Waals surface area contributed by atoms with Crippen LogP contribution in [0.3, 0.4) is 0 Å². The number of esters is 1. The van der Waals surface area contributed by atoms with Crippen LogP contribution in [0.1, 0.15) is 52.4 Å². The molecule has 0 aromatic heterocycles. The largest absolute Gasteiger partial charge is 0.465 e. The van der Waals surface area contributed by atoms with E-state index in [2.05, 4.69) is 25.9 Å². The van der Waals surface area contributed by atoms with Gasteiger partial charge in [-0.2, -0.15) is 0 Å². The maximum atomic E-state index is 11.7. The maximum Gasteiger partial charge on any atom is 0.309 e. The molecule has 3 atom stereocenters. The Morgan fingerprint density at radius 2 is 2.14 bits per heavy atom. The average Bonchev–Trinajstić information content (AvgIpc) is 3.00. The number of cyclic esters (lactones) is 1. The zero-order valence-corrected chi connectivity index (χ0v) is 13.7. The second kappa shape index (κ2) is 7.21. The molecule has 2 rings (SSSR count). The molecule has 2 heterocycles. The van der Waals surface area contributed by atoms with E-state index < -0.39 is 0 Å². The van der Waals surface area contributed by atoms with E-state index in [9.17, 15) is 4.79 Å². The van der Waals surface area contributed by atoms with Gasteiger partial charge < -0.3 is 4.74 Å². The summed E-state index contributed by atoms with van der Waals surface area (Å²) in [4.78, 5) is 16.1. The Bertz CT molecular complexity index is 431. The Kier molecular flexibility index (Phi) is 5.57. The van der Waals surface area contributed by atoms with Gasteiger partial charge >= 0.3 is 5.97 Å². The van der Waals surface area contributed by atoms with Gasteiger partial charge in [0.05, 0.1) is 32.3 Å². The van der Waals surface area contributed by atoms with E-state index in [4.69, 9.17) is 4.74 Å². The molecule has 1 unspecified atom stereocenters. The summed E-state index contributed by atoms with van der Waals surface area (Å²) in [5.74, 6) is 0.378. The van der Waals surface area contributed by atoms with Gasteiger partial charge in [0.15, 0.2) is 6.34 Å². The van der Waals surface area contributed by atoms with E-state index >= 15 is 0 Å². The van der Waals surface area contributed by atoms with Crippen molar-refractivity contribution in [2.75, 3.05) is 20.2 Å². The van der Waals surface area contributed by atoms with Crippen LogP contribution >= 0.6 is 0 Å². The Balaban J connectivity index is 1.91. The van der Waals surface area contributed by atoms with Crippen LogP contribution in [0.4, 0.5) is 0 Å². The highest BCUT2D eigenvalue weighted by Crippen LogP contribution is 2.34. The molecule has 2 aliphatic rings. The van der Waals surface area contributed by atoms with Gasteiger partial charge in [0.25, 0.3) is 0 Å². The van der Waals surface area contributed by atoms with Crippen LogP contribution in [0.25, 0.3) is 0 Å². The summed E-state index contributed by atoms with van der Waals surface area (Å²) in [6, 6.07) is 0. The Morgan fingerprint density at radius 1 is 1.33 bits per heavy atom. The summed E-state index contributed by atoms with van der Waals surface area (Å²) < 4.78 is 6.06. The molecule has 1 saturated heterocycles. The second-order valence-corrected chi connectivity index (χ2v) is 6.55. The van der Waals surface area contributed by atoms with E-state index in [1.54, 1.807) is 0 Å². The SMILES string of the molecule is CCCCCC[N+]1(C)C=NC=C1C[C@H]1COC(=O)[C@H]1CC. The molecule has 0 bridgehead atoms. The first-order valence-electron chi connectivity index (χ1n) is 8.36. The number of ether oxygens (including phenoxy) is 1. The third-order valence-corrected chi connectivity index (χ3v) is 4.90. The average molecular weight is 293 g/mol. The van der Waals surface area contributed by atoms with Crippen LogP contribution in [0.5, 0.6) is 0 Å². The van der Waals surface area contributed by atoms with E-state index in [1.807, 2.05) is 12.5 Å². The molecule has 0 radical (unpaired) electrons. The lowest BCUT2D eigenvalue weighted by Crippen LogP contribution is -2.41. The molecule has 0 aromatic rings. The molecule has 0 aromatic carbocycles. The standard InChI is InChI=1S/C17H29N2O2/c1-4-6-7-8-9-19(3)13-18-11-15(19)10-14-12-21-17(20)16(14)5-2/h11,13-14,16H,4-10,12H2,1-3H3/q+1/t14-,16-,19?/m0/s1. The Morgan fingerprint density at radius 3 is 2.86 bits per heavy atom. The number of allylic oxidation sites excluding steroid dienone is 1. The van der Waals surface area contributed by atoms with Crippen LogP contribution in [-0.4, -0.2) is 37.0 Å². The van der Waals surface area contributed by atoms with E-state index in [1.165, 1.54) is 31.4 Å². The number of nitrogens with zero attached hydrogens (tertiary/aromatic N) is 2. The predicted molar refractivity (Wildman–Crippen MR) is 84.6 cm³/mol. The summed E-state index contributed by atoms with van der Waals surface area (Å²) in [5.41, 5.74) is 1.33. The monoisotopic (exact) mass is 293 g/mol. The number of hydrogen-bond acceptors (Lipinski definition) is 3. The minimum atomic E-state index is -0.0147. The molecule has 21 heavy (non-hydrogen) atoms. The fourth-order valence-electron chi connectivity index (χ4n) is 3.38. The predicted octanol–water partition coefficient (Wildman–Crippen LogP) is 3.49. The van der Waals surface area contributed by atoms with Gasteiger partial charge in [-0.25, -0.2) is 4.99 Å². The summed E-state index contributed by atoms with van der Waals surface area (Å²) in [6.07, 6.45) is 10.9. The van der Waals surface area contributed by atoms with Gasteiger partial charge in [0.1, 0.15) is 5.70 Å². The number of quaternary nitrogens is 1. The van der Waals surface area contributed by atoms with Gasteiger partial charge in [0.2, 0.25) is 0 Å². The highest BCUT2D eigenvalue weighted by atomic mass is 16.5. The summed E-state index contributed by atoms with van der Waals surface area (Å²) in [6.45, 7) is 5.99. The number of hydrogen-bond donors (Lipinski definition) is 0. The van der Waals surface area contributed by atoms with Crippen LogP contribution in [0.15, 0.2) is 16.9 Å². The van der Waals surface area contributed by atoms with Crippen LogP contribution in [0, 0.1) is 11.8 Å². The van der Waals surface area contributed by atoms with Crippen molar-refractivity contribution in [3.63, 3.8) is 0 Å². The minimum Gasteiger partial charge on any atom is -0.465 e. The normalized spacial score (nSPS) is 31.6. The number of rotatable bonds is 8. The molecule has 0 saturated carbocycles. The van der Waals surface area contributed by atoms with Crippen molar-refractivity contribution >= 4 is 12.3 Å². The Hall–Kier alpha value is -1.16. The highest BCUT2D eigenvalue weighted by molar-refractivity contribution is 5.74. The molecular weight excluding hydrogens is 264 g/mol. The molecule has 0 aliphatic carbocycles. The topological polar surface area (TPSA) is 38.7 Å². The third kappa shape index (κ3) is 3.73. The molecular formula is C17H29N2O2+. The third-order valence-electron chi connectivity index (χ3n) is 4.90. The second-order valence-electron chi connectivity index (χ2n) is 6.55. The van der Waals surface area contributed by atoms with Gasteiger partial charge in [-0.05, 0) is 19.3 Å². The van der Waals surface area contributed by atoms with E-state index in [0.717, 1.165) is 23.9 Å². The van der Waals surface area contributed by atoms with Crippen molar-refractivity contribution in [3.05, 3.63) is 11.9 Å². The van der Waals surface area contributed by atoms with Crippen LogP contribution in [0.2, 0.25) is 0 Å². The van der Waals surface area contributed by atoms with Crippen molar-refractivity contribution in [1.82, 2.24) is 0 Å². The quantitative estimate of drug-likeness (QED) is 0.390. The first-order chi connectivity index (χ1) is 10.1. The lowest BCUT2D eigenvalue weighted by Gasteiger charge is -2.29. The smallest absolute Gasteiger partial charge is 0.309 e. The molecule has 0 spiro atoms. The van der Waals surface area contributed by atoms with Crippen molar-refractivity contribution in [1.29, 1.82) is 0 Å². The number of carbonyl (C=O) groups is 1. The number of unbranched alkanes of at least 4 members (excludes halogenated alkanes) is 3. The van der Waals surface area contributed by atoms with Crippen molar-refractivity contribution in [3.8, 4) is 0 Å². The van der Waals surface area contributed by atoms with Gasteiger partial charge in [-0.15, -0.1) is 0 Å². The summed E-state index contributed by atoms with van der Waals surface area (Å²) >= 11 is 0. The van der Waals surface area contributed by atoms with Crippen molar-refractivity contribution < 1.29 is 14.0 Å². The zero-order valence-electron chi connectivity index (χ0n) is 13.7. The maximum absolute atomic E-state index is 11.7. The first kappa shape index (κ1) is 16.2. The fourth-order valence-corrected chi connectivity index (χ4v) is 3.38. The molecule has 118 valence electrons. The lowest BCUT2D eigenvalue weighted by atomic mass is 9.89. The highest BCUT2D eigenvalue weighted by Gasteiger charge is 2.40. The molecule has 4 nitrogen and oxygen atoms in total. The fraction of sp³-hybridized carbons (Fsp3) is 0.765. The summed E-state index contributed by atoms with van der Waals surface area (Å²) in [5, 5.41) is 0. The van der Waals surface area contributed by atoms with Crippen molar-refractivity contribution in [2.45, 2.75) is 52.4 Å². The van der Waals surface area contributed by atoms with E-state index in [-0.39, 0.29) is 11.9 Å².